The second kappa shape index (κ2) is 17.4. The SMILES string of the molecule is CC(C)(C)OC(=O)Nc1nc(/C(=N/OC(COc2ccc(-c3cnn(CC[N+]4(C)CCOCC4)c3)cc2)C(=O)OC(C)(C)C)C(=O)O)cs1.[I-]. The standard InChI is InChI=1S/C33H44N6O9S.HI/c1-32(2,3)46-29(42)26(48-37-27(28(40)41)25-21-49-30(35-25)36-31(43)47-33(4,5)6)20-45-24-10-8-22(9-11-24)23-18-34-38(19-23)12-13-39(7)14-16-44-17-15-39;/h8-11,18-19,21,26H,12-17,20H2,1-7H3,(H-,35,36,40,41,43);1H/b37-27-;. The molecule has 1 amide bonds. The molecule has 1 aliphatic heterocycles. The normalized spacial score (nSPS) is 15.3. The summed E-state index contributed by atoms with van der Waals surface area (Å²) in [4.78, 5) is 46.7. The lowest BCUT2D eigenvalue weighted by Gasteiger charge is -2.37. The van der Waals surface area contributed by atoms with Gasteiger partial charge in [-0.05, 0) is 59.2 Å². The monoisotopic (exact) mass is 828 g/mol. The summed E-state index contributed by atoms with van der Waals surface area (Å²) in [5.41, 5.74) is -0.392. The minimum atomic E-state index is -1.46. The van der Waals surface area contributed by atoms with E-state index in [1.807, 2.05) is 29.2 Å². The van der Waals surface area contributed by atoms with Crippen molar-refractivity contribution in [3.8, 4) is 16.9 Å². The summed E-state index contributed by atoms with van der Waals surface area (Å²) in [6, 6.07) is 7.25. The number of hydrogen-bond donors (Lipinski definition) is 2. The maximum absolute atomic E-state index is 13.0. The molecular weight excluding hydrogens is 783 g/mol. The molecule has 1 unspecified atom stereocenters. The number of nitrogens with zero attached hydrogens (tertiary/aromatic N) is 5. The highest BCUT2D eigenvalue weighted by molar-refractivity contribution is 7.14. The predicted molar refractivity (Wildman–Crippen MR) is 182 cm³/mol. The van der Waals surface area contributed by atoms with Gasteiger partial charge < -0.3 is 57.4 Å². The Bertz CT molecular complexity index is 1620. The van der Waals surface area contributed by atoms with E-state index in [9.17, 15) is 19.5 Å². The van der Waals surface area contributed by atoms with Crippen LogP contribution in [0.4, 0.5) is 9.93 Å². The second-order valence-corrected chi connectivity index (χ2v) is 14.6. The third-order valence-corrected chi connectivity index (χ3v) is 7.90. The Balaban J connectivity index is 0.00000676. The van der Waals surface area contributed by atoms with Gasteiger partial charge in [-0.3, -0.25) is 10.00 Å². The average molecular weight is 829 g/mol. The van der Waals surface area contributed by atoms with Crippen LogP contribution in [0.25, 0.3) is 11.1 Å². The van der Waals surface area contributed by atoms with Crippen LogP contribution in [0.1, 0.15) is 47.2 Å². The largest absolute Gasteiger partial charge is 1.00 e. The van der Waals surface area contributed by atoms with Gasteiger partial charge in [0.25, 0.3) is 6.10 Å². The first-order valence-electron chi connectivity index (χ1n) is 15.8. The number of amides is 1. The van der Waals surface area contributed by atoms with E-state index in [4.69, 9.17) is 23.8 Å². The molecule has 3 heterocycles. The number of benzene rings is 1. The molecule has 1 atom stereocenters. The molecule has 2 N–H and O–H groups in total. The highest BCUT2D eigenvalue weighted by Gasteiger charge is 2.30. The van der Waals surface area contributed by atoms with Crippen molar-refractivity contribution in [2.75, 3.05) is 51.8 Å². The number of carboxylic acids is 1. The number of aliphatic carboxylic acids is 1. The number of oxime groups is 1. The van der Waals surface area contributed by atoms with Gasteiger partial charge in [-0.15, -0.1) is 11.3 Å². The van der Waals surface area contributed by atoms with E-state index in [1.165, 1.54) is 5.38 Å². The molecule has 0 bridgehead atoms. The molecule has 1 aliphatic rings. The molecule has 0 saturated carbocycles. The van der Waals surface area contributed by atoms with Crippen molar-refractivity contribution >= 4 is 40.2 Å². The number of rotatable bonds is 13. The van der Waals surface area contributed by atoms with Crippen LogP contribution >= 0.6 is 11.3 Å². The second-order valence-electron chi connectivity index (χ2n) is 13.8. The summed E-state index contributed by atoms with van der Waals surface area (Å²) in [6.07, 6.45) is 1.66. The predicted octanol–water partition coefficient (Wildman–Crippen LogP) is 1.43. The Hall–Kier alpha value is -3.81. The van der Waals surface area contributed by atoms with Crippen molar-refractivity contribution in [1.82, 2.24) is 14.8 Å². The quantitative estimate of drug-likeness (QED) is 0.0840. The fraction of sp³-hybridized carbons (Fsp3) is 0.515. The fourth-order valence-corrected chi connectivity index (χ4v) is 5.23. The Labute approximate surface area is 312 Å². The molecule has 1 saturated heterocycles. The molecule has 15 nitrogen and oxygen atoms in total. The molecule has 2 aromatic heterocycles. The summed E-state index contributed by atoms with van der Waals surface area (Å²) < 4.78 is 24.9. The zero-order chi connectivity index (χ0) is 35.8. The number of carbonyl (C=O) groups excluding carboxylic acids is 2. The topological polar surface area (TPSA) is 173 Å². The molecule has 4 rings (SSSR count). The molecule has 274 valence electrons. The number of anilines is 1. The Morgan fingerprint density at radius 2 is 1.72 bits per heavy atom. The number of thiazole rings is 1. The summed E-state index contributed by atoms with van der Waals surface area (Å²) in [7, 11) is 2.24. The summed E-state index contributed by atoms with van der Waals surface area (Å²) in [5, 5.41) is 22.0. The van der Waals surface area contributed by atoms with Gasteiger partial charge in [-0.1, -0.05) is 17.3 Å². The van der Waals surface area contributed by atoms with Crippen LogP contribution in [-0.4, -0.2) is 112 Å². The molecule has 50 heavy (non-hydrogen) atoms. The van der Waals surface area contributed by atoms with Crippen LogP contribution in [0.2, 0.25) is 0 Å². The third kappa shape index (κ3) is 12.8. The molecule has 0 spiro atoms. The van der Waals surface area contributed by atoms with Gasteiger partial charge in [0.15, 0.2) is 5.13 Å². The average Bonchev–Trinajstić information content (AvgIpc) is 3.66. The van der Waals surface area contributed by atoms with Gasteiger partial charge in [0.1, 0.15) is 42.3 Å². The Morgan fingerprint density at radius 3 is 2.34 bits per heavy atom. The number of halogens is 1. The molecule has 0 radical (unpaired) electrons. The molecule has 3 aromatic rings. The Kier molecular flexibility index (Phi) is 14.1. The van der Waals surface area contributed by atoms with Crippen molar-refractivity contribution in [3.05, 3.63) is 47.7 Å². The first kappa shape index (κ1) is 40.6. The number of carbonyl (C=O) groups is 3. The van der Waals surface area contributed by atoms with Crippen molar-refractivity contribution in [2.45, 2.75) is 65.4 Å². The zero-order valence-corrected chi connectivity index (χ0v) is 32.3. The van der Waals surface area contributed by atoms with E-state index in [-0.39, 0.29) is 41.4 Å². The van der Waals surface area contributed by atoms with Crippen molar-refractivity contribution in [2.24, 2.45) is 5.16 Å². The molecular formula is C33H45IN6O9S. The maximum atomic E-state index is 13.0. The van der Waals surface area contributed by atoms with Crippen LogP contribution in [0.3, 0.4) is 0 Å². The smallest absolute Gasteiger partial charge is 0.413 e. The molecule has 1 aromatic carbocycles. The van der Waals surface area contributed by atoms with Crippen LogP contribution < -0.4 is 34.0 Å². The first-order chi connectivity index (χ1) is 23.0. The highest BCUT2D eigenvalue weighted by atomic mass is 127. The molecule has 1 fully saturated rings. The van der Waals surface area contributed by atoms with E-state index in [0.29, 0.717) is 5.75 Å². The van der Waals surface area contributed by atoms with Gasteiger partial charge in [-0.2, -0.15) is 5.10 Å². The number of quaternary nitrogens is 1. The number of morpholine rings is 1. The van der Waals surface area contributed by atoms with E-state index >= 15 is 0 Å². The van der Waals surface area contributed by atoms with Crippen LogP contribution in [0.5, 0.6) is 5.75 Å². The number of hydrogen-bond acceptors (Lipinski definition) is 12. The lowest BCUT2D eigenvalue weighted by atomic mass is 10.1. The first-order valence-corrected chi connectivity index (χ1v) is 16.7. The van der Waals surface area contributed by atoms with E-state index in [1.54, 1.807) is 53.7 Å². The van der Waals surface area contributed by atoms with E-state index in [2.05, 4.69) is 27.6 Å². The summed E-state index contributed by atoms with van der Waals surface area (Å²) >= 11 is 0.965. The Morgan fingerprint density at radius 1 is 1.06 bits per heavy atom. The summed E-state index contributed by atoms with van der Waals surface area (Å²) in [6.45, 7) is 15.2. The maximum Gasteiger partial charge on any atom is 0.413 e. The minimum absolute atomic E-state index is 0. The minimum Gasteiger partial charge on any atom is -1.00 e. The van der Waals surface area contributed by atoms with Gasteiger partial charge in [0.05, 0.1) is 39.5 Å². The molecule has 17 heteroatoms. The fourth-order valence-electron chi connectivity index (χ4n) is 4.55. The van der Waals surface area contributed by atoms with E-state index in [0.717, 1.165) is 66.3 Å². The highest BCUT2D eigenvalue weighted by Crippen LogP contribution is 2.23. The van der Waals surface area contributed by atoms with Crippen molar-refractivity contribution in [3.63, 3.8) is 0 Å². The number of carboxylic acid groups (broad SMARTS) is 1. The lowest BCUT2D eigenvalue weighted by molar-refractivity contribution is -0.917. The number of likely N-dealkylation sites (N-methyl/N-ethyl adjacent to an activating group) is 1. The number of esters is 1. The van der Waals surface area contributed by atoms with Gasteiger partial charge >= 0.3 is 18.0 Å². The summed E-state index contributed by atoms with van der Waals surface area (Å²) in [5.74, 6) is -1.82. The van der Waals surface area contributed by atoms with Gasteiger partial charge in [-0.25, -0.2) is 19.4 Å². The third-order valence-electron chi connectivity index (χ3n) is 7.14. The number of ether oxygens (including phenoxy) is 4. The number of aromatic nitrogens is 3. The van der Waals surface area contributed by atoms with Crippen LogP contribution in [0, 0.1) is 0 Å². The van der Waals surface area contributed by atoms with Crippen LogP contribution in [0.15, 0.2) is 47.2 Å². The number of nitrogens with one attached hydrogen (secondary N) is 1. The lowest BCUT2D eigenvalue weighted by Crippen LogP contribution is -3.00. The van der Waals surface area contributed by atoms with Crippen LogP contribution in [-0.2, 0) is 35.2 Å². The van der Waals surface area contributed by atoms with Crippen molar-refractivity contribution in [1.29, 1.82) is 0 Å². The molecule has 0 aliphatic carbocycles. The van der Waals surface area contributed by atoms with Gasteiger partial charge in [0.2, 0.25) is 5.71 Å². The zero-order valence-electron chi connectivity index (χ0n) is 29.3. The van der Waals surface area contributed by atoms with E-state index < -0.39 is 41.0 Å². The van der Waals surface area contributed by atoms with Gasteiger partial charge in [0, 0.05) is 17.1 Å². The van der Waals surface area contributed by atoms with Crippen molar-refractivity contribution < 1.29 is 71.7 Å².